The Morgan fingerprint density at radius 2 is 1.71 bits per heavy atom. The summed E-state index contributed by atoms with van der Waals surface area (Å²) in [7, 11) is 2.97. The standard InChI is InChI=1S/C23H21NO4/c1-12-11-14(9-10-17(12)27-3)19-18(23(26)28-4)13(2)24-21-15-7-5-6-8-16(15)22(25)20(19)21/h5-11,19-20H,1-4H3/t19-,20?/m0/s1. The molecular formula is C23H21NO4. The van der Waals surface area contributed by atoms with Crippen molar-refractivity contribution in [2.24, 2.45) is 10.9 Å². The van der Waals surface area contributed by atoms with Gasteiger partial charge in [0.05, 0.1) is 31.4 Å². The highest BCUT2D eigenvalue weighted by atomic mass is 16.5. The van der Waals surface area contributed by atoms with Gasteiger partial charge in [0.25, 0.3) is 0 Å². The summed E-state index contributed by atoms with van der Waals surface area (Å²) in [6.45, 7) is 3.74. The number of fused-ring (bicyclic) bond motifs is 3. The highest BCUT2D eigenvalue weighted by Crippen LogP contribution is 2.46. The molecule has 1 unspecified atom stereocenters. The van der Waals surface area contributed by atoms with E-state index in [1.807, 2.05) is 49.4 Å². The fraction of sp³-hybridized carbons (Fsp3) is 0.261. The lowest BCUT2D eigenvalue weighted by molar-refractivity contribution is -0.136. The van der Waals surface area contributed by atoms with Gasteiger partial charge in [-0.1, -0.05) is 36.4 Å². The fourth-order valence-electron chi connectivity index (χ4n) is 4.29. The lowest BCUT2D eigenvalue weighted by Crippen LogP contribution is -2.32. The predicted molar refractivity (Wildman–Crippen MR) is 106 cm³/mol. The summed E-state index contributed by atoms with van der Waals surface area (Å²) in [5.74, 6) is -0.702. The molecule has 0 saturated heterocycles. The van der Waals surface area contributed by atoms with E-state index < -0.39 is 17.8 Å². The Morgan fingerprint density at radius 3 is 2.36 bits per heavy atom. The summed E-state index contributed by atoms with van der Waals surface area (Å²) in [4.78, 5) is 30.6. The Hall–Kier alpha value is -3.21. The number of aryl methyl sites for hydroxylation is 1. The van der Waals surface area contributed by atoms with E-state index >= 15 is 0 Å². The van der Waals surface area contributed by atoms with Crippen molar-refractivity contribution >= 4 is 17.5 Å². The summed E-state index contributed by atoms with van der Waals surface area (Å²) < 4.78 is 10.4. The van der Waals surface area contributed by atoms with Gasteiger partial charge in [-0.05, 0) is 31.0 Å². The largest absolute Gasteiger partial charge is 0.496 e. The molecule has 5 heteroatoms. The van der Waals surface area contributed by atoms with Crippen molar-refractivity contribution in [2.75, 3.05) is 14.2 Å². The van der Waals surface area contributed by atoms with Gasteiger partial charge < -0.3 is 9.47 Å². The first kappa shape index (κ1) is 18.2. The molecule has 0 bridgehead atoms. The first-order valence-electron chi connectivity index (χ1n) is 9.13. The van der Waals surface area contributed by atoms with Gasteiger partial charge in [0, 0.05) is 22.7 Å². The van der Waals surface area contributed by atoms with Gasteiger partial charge in [0.1, 0.15) is 5.75 Å². The number of benzene rings is 2. The highest BCUT2D eigenvalue weighted by Gasteiger charge is 2.47. The molecule has 0 amide bonds. The van der Waals surface area contributed by atoms with Crippen molar-refractivity contribution in [3.05, 3.63) is 76.0 Å². The number of hydrogen-bond donors (Lipinski definition) is 0. The Morgan fingerprint density at radius 1 is 1.00 bits per heavy atom. The topological polar surface area (TPSA) is 65.0 Å². The van der Waals surface area contributed by atoms with Gasteiger partial charge in [-0.2, -0.15) is 0 Å². The maximum atomic E-state index is 13.3. The van der Waals surface area contributed by atoms with Crippen molar-refractivity contribution in [1.82, 2.24) is 0 Å². The molecule has 2 aromatic carbocycles. The highest BCUT2D eigenvalue weighted by molar-refractivity contribution is 6.30. The SMILES string of the molecule is COC(=O)C1=C(C)N=C2c3ccccc3C(=O)C2[C@H]1c1ccc(OC)c(C)c1. The Kier molecular flexibility index (Phi) is 4.38. The normalized spacial score (nSPS) is 20.4. The smallest absolute Gasteiger partial charge is 0.336 e. The molecule has 0 saturated carbocycles. The third-order valence-corrected chi connectivity index (χ3v) is 5.55. The number of hydrogen-bond acceptors (Lipinski definition) is 5. The van der Waals surface area contributed by atoms with Crippen LogP contribution in [0.3, 0.4) is 0 Å². The summed E-state index contributed by atoms with van der Waals surface area (Å²) >= 11 is 0. The van der Waals surface area contributed by atoms with Crippen LogP contribution in [-0.2, 0) is 9.53 Å². The maximum Gasteiger partial charge on any atom is 0.336 e. The quantitative estimate of drug-likeness (QED) is 0.765. The molecule has 1 heterocycles. The molecule has 28 heavy (non-hydrogen) atoms. The van der Waals surface area contributed by atoms with E-state index in [1.54, 1.807) is 14.0 Å². The van der Waals surface area contributed by atoms with E-state index in [9.17, 15) is 9.59 Å². The number of allylic oxidation sites excluding steroid dienone is 1. The van der Waals surface area contributed by atoms with Crippen molar-refractivity contribution in [2.45, 2.75) is 19.8 Å². The van der Waals surface area contributed by atoms with Gasteiger partial charge in [0.2, 0.25) is 0 Å². The number of esters is 1. The summed E-state index contributed by atoms with van der Waals surface area (Å²) in [6, 6.07) is 13.2. The van der Waals surface area contributed by atoms with Crippen LogP contribution >= 0.6 is 0 Å². The van der Waals surface area contributed by atoms with Crippen molar-refractivity contribution < 1.29 is 19.1 Å². The predicted octanol–water partition coefficient (Wildman–Crippen LogP) is 3.85. The number of rotatable bonds is 3. The van der Waals surface area contributed by atoms with E-state index in [1.165, 1.54) is 7.11 Å². The monoisotopic (exact) mass is 375 g/mol. The number of Topliss-reactive ketones (excluding diaryl/α,β-unsaturated/α-hetero) is 1. The molecule has 0 radical (unpaired) electrons. The molecule has 0 N–H and O–H groups in total. The van der Waals surface area contributed by atoms with Crippen LogP contribution in [0, 0.1) is 12.8 Å². The molecule has 142 valence electrons. The maximum absolute atomic E-state index is 13.3. The minimum absolute atomic E-state index is 0.0123. The van der Waals surface area contributed by atoms with Crippen LogP contribution in [-0.4, -0.2) is 31.7 Å². The van der Waals surface area contributed by atoms with Crippen LogP contribution in [0.5, 0.6) is 5.75 Å². The van der Waals surface area contributed by atoms with Crippen LogP contribution < -0.4 is 4.74 Å². The third-order valence-electron chi connectivity index (χ3n) is 5.55. The number of ketones is 1. The van der Waals surface area contributed by atoms with E-state index in [4.69, 9.17) is 9.47 Å². The van der Waals surface area contributed by atoms with E-state index in [2.05, 4.69) is 4.99 Å². The number of methoxy groups -OCH3 is 2. The van der Waals surface area contributed by atoms with Crippen molar-refractivity contribution in [3.8, 4) is 5.75 Å². The fourth-order valence-corrected chi connectivity index (χ4v) is 4.29. The van der Waals surface area contributed by atoms with Gasteiger partial charge in [-0.15, -0.1) is 0 Å². The molecule has 2 aromatic rings. The molecule has 4 rings (SSSR count). The molecule has 5 nitrogen and oxygen atoms in total. The van der Waals surface area contributed by atoms with Crippen LogP contribution in [0.1, 0.15) is 39.9 Å². The second-order valence-corrected chi connectivity index (χ2v) is 7.08. The van der Waals surface area contributed by atoms with Crippen molar-refractivity contribution in [3.63, 3.8) is 0 Å². The number of ether oxygens (including phenoxy) is 2. The summed E-state index contributed by atoms with van der Waals surface area (Å²) in [5, 5.41) is 0. The number of carbonyl (C=O) groups excluding carboxylic acids is 2. The van der Waals surface area contributed by atoms with Crippen LogP contribution in [0.4, 0.5) is 0 Å². The molecule has 2 atom stereocenters. The van der Waals surface area contributed by atoms with Crippen LogP contribution in [0.25, 0.3) is 0 Å². The molecule has 0 aromatic heterocycles. The molecule has 2 aliphatic rings. The zero-order valence-electron chi connectivity index (χ0n) is 16.3. The van der Waals surface area contributed by atoms with Gasteiger partial charge in [0.15, 0.2) is 5.78 Å². The molecule has 0 spiro atoms. The number of aliphatic imine (C=N–C) groups is 1. The second-order valence-electron chi connectivity index (χ2n) is 7.08. The minimum atomic E-state index is -0.539. The van der Waals surface area contributed by atoms with E-state index in [-0.39, 0.29) is 5.78 Å². The first-order chi connectivity index (χ1) is 13.5. The van der Waals surface area contributed by atoms with E-state index in [0.717, 1.165) is 28.2 Å². The van der Waals surface area contributed by atoms with Gasteiger partial charge in [-0.25, -0.2) is 4.79 Å². The number of carbonyl (C=O) groups is 2. The number of nitrogens with zero attached hydrogens (tertiary/aromatic N) is 1. The second kappa shape index (κ2) is 6.75. The summed E-state index contributed by atoms with van der Waals surface area (Å²) in [5.41, 5.74) is 5.05. The van der Waals surface area contributed by atoms with Crippen LogP contribution in [0.2, 0.25) is 0 Å². The Balaban J connectivity index is 1.95. The van der Waals surface area contributed by atoms with Gasteiger partial charge >= 0.3 is 5.97 Å². The first-order valence-corrected chi connectivity index (χ1v) is 9.13. The Bertz CT molecular complexity index is 1060. The average Bonchev–Trinajstić information content (AvgIpc) is 2.98. The van der Waals surface area contributed by atoms with Gasteiger partial charge in [-0.3, -0.25) is 9.79 Å². The minimum Gasteiger partial charge on any atom is -0.496 e. The molecule has 0 fully saturated rings. The zero-order valence-corrected chi connectivity index (χ0v) is 16.3. The molecular weight excluding hydrogens is 354 g/mol. The van der Waals surface area contributed by atoms with Crippen molar-refractivity contribution in [1.29, 1.82) is 0 Å². The third kappa shape index (κ3) is 2.58. The zero-order chi connectivity index (χ0) is 20.0. The lowest BCUT2D eigenvalue weighted by Gasteiger charge is -2.30. The van der Waals surface area contributed by atoms with Crippen LogP contribution in [0.15, 0.2) is 58.7 Å². The molecule has 1 aliphatic heterocycles. The molecule has 1 aliphatic carbocycles. The van der Waals surface area contributed by atoms with E-state index in [0.29, 0.717) is 16.8 Å². The Labute approximate surface area is 163 Å². The lowest BCUT2D eigenvalue weighted by atomic mass is 9.75. The summed E-state index contributed by atoms with van der Waals surface area (Å²) in [6.07, 6.45) is 0. The average molecular weight is 375 g/mol.